The van der Waals surface area contributed by atoms with Crippen molar-refractivity contribution in [2.45, 2.75) is 43.6 Å². The number of hydrogen-bond donors (Lipinski definition) is 3. The molecule has 2 aliphatic heterocycles. The van der Waals surface area contributed by atoms with Crippen LogP contribution < -0.4 is 5.32 Å². The van der Waals surface area contributed by atoms with Crippen LogP contribution in [0.2, 0.25) is 0 Å². The highest BCUT2D eigenvalue weighted by Gasteiger charge is 2.47. The fraction of sp³-hybridized carbons (Fsp3) is 0.500. The lowest BCUT2D eigenvalue weighted by Gasteiger charge is -2.46. The van der Waals surface area contributed by atoms with Gasteiger partial charge < -0.3 is 29.6 Å². The molecule has 172 valence electrons. The molecular weight excluding hydrogens is 418 g/mol. The zero-order chi connectivity index (χ0) is 22.7. The Bertz CT molecular complexity index is 998. The molecule has 3 heterocycles. The minimum absolute atomic E-state index is 0.0637. The van der Waals surface area contributed by atoms with Gasteiger partial charge in [0, 0.05) is 29.9 Å². The van der Waals surface area contributed by atoms with E-state index in [0.717, 1.165) is 27.8 Å². The Balaban J connectivity index is 1.50. The van der Waals surface area contributed by atoms with Crippen molar-refractivity contribution in [1.29, 1.82) is 0 Å². The summed E-state index contributed by atoms with van der Waals surface area (Å²) < 4.78 is 16.3. The molecule has 2 fully saturated rings. The molecule has 0 radical (unpaired) electrons. The Kier molecular flexibility index (Phi) is 6.33. The topological polar surface area (TPSA) is 130 Å². The molecular formula is C22H27N3O7. The second kappa shape index (κ2) is 9.17. The predicted octanol–water partition coefficient (Wildman–Crippen LogP) is 1.64. The highest BCUT2D eigenvalue weighted by atomic mass is 16.7. The zero-order valence-electron chi connectivity index (χ0n) is 17.8. The molecule has 2 aromatic rings. The smallest absolute Gasteiger partial charge is 0.408 e. The van der Waals surface area contributed by atoms with Crippen LogP contribution in [0.25, 0.3) is 10.9 Å². The Morgan fingerprint density at radius 3 is 2.78 bits per heavy atom. The van der Waals surface area contributed by atoms with E-state index in [1.54, 1.807) is 6.20 Å². The first kappa shape index (κ1) is 22.1. The van der Waals surface area contributed by atoms with Gasteiger partial charge in [0.15, 0.2) is 5.79 Å². The molecule has 1 spiro atoms. The van der Waals surface area contributed by atoms with Crippen LogP contribution in [-0.4, -0.2) is 77.7 Å². The van der Waals surface area contributed by atoms with Crippen molar-refractivity contribution in [3.05, 3.63) is 36.0 Å². The van der Waals surface area contributed by atoms with Crippen LogP contribution in [0.4, 0.5) is 4.79 Å². The molecule has 10 heteroatoms. The molecule has 2 saturated heterocycles. The molecule has 3 N–H and O–H groups in total. The molecule has 2 unspecified atom stereocenters. The van der Waals surface area contributed by atoms with Crippen molar-refractivity contribution in [3.8, 4) is 0 Å². The molecule has 1 aromatic heterocycles. The van der Waals surface area contributed by atoms with Gasteiger partial charge in [0.2, 0.25) is 5.91 Å². The van der Waals surface area contributed by atoms with Crippen molar-refractivity contribution >= 4 is 28.9 Å². The summed E-state index contributed by atoms with van der Waals surface area (Å²) in [5, 5.41) is 13.4. The quantitative estimate of drug-likeness (QED) is 0.597. The molecule has 2 aliphatic rings. The number of benzene rings is 1. The first-order valence-corrected chi connectivity index (χ1v) is 10.6. The van der Waals surface area contributed by atoms with Gasteiger partial charge in [-0.1, -0.05) is 18.2 Å². The SMILES string of the molecule is COC(=O)C(Cc1c[nH]c2ccccc12)NC(=O)C1CCC2(CN1C(=O)O)OCCCO2. The van der Waals surface area contributed by atoms with E-state index in [2.05, 4.69) is 10.3 Å². The number of nitrogens with zero attached hydrogens (tertiary/aromatic N) is 1. The van der Waals surface area contributed by atoms with Crippen molar-refractivity contribution < 1.29 is 33.7 Å². The third kappa shape index (κ3) is 4.42. The summed E-state index contributed by atoms with van der Waals surface area (Å²) in [6, 6.07) is 5.72. The highest BCUT2D eigenvalue weighted by Crippen LogP contribution is 2.32. The first-order valence-electron chi connectivity index (χ1n) is 10.6. The van der Waals surface area contributed by atoms with E-state index in [1.165, 1.54) is 7.11 Å². The molecule has 0 saturated carbocycles. The summed E-state index contributed by atoms with van der Waals surface area (Å²) in [5.41, 5.74) is 1.76. The third-order valence-electron chi connectivity index (χ3n) is 6.05. The monoisotopic (exact) mass is 445 g/mol. The lowest BCUT2D eigenvalue weighted by atomic mass is 9.95. The van der Waals surface area contributed by atoms with Crippen LogP contribution in [0.3, 0.4) is 0 Å². The van der Waals surface area contributed by atoms with Gasteiger partial charge in [0.05, 0.1) is 26.9 Å². The molecule has 2 atom stereocenters. The summed E-state index contributed by atoms with van der Waals surface area (Å²) in [6.45, 7) is 0.907. The molecule has 2 amide bonds. The number of methoxy groups -OCH3 is 1. The summed E-state index contributed by atoms with van der Waals surface area (Å²) >= 11 is 0. The lowest BCUT2D eigenvalue weighted by molar-refractivity contribution is -0.285. The van der Waals surface area contributed by atoms with Crippen LogP contribution in [0.1, 0.15) is 24.8 Å². The molecule has 10 nitrogen and oxygen atoms in total. The number of piperidine rings is 1. The maximum absolute atomic E-state index is 13.1. The second-order valence-electron chi connectivity index (χ2n) is 8.07. The van der Waals surface area contributed by atoms with Gasteiger partial charge in [-0.3, -0.25) is 9.69 Å². The van der Waals surface area contributed by atoms with E-state index in [9.17, 15) is 19.5 Å². The fourth-order valence-corrected chi connectivity index (χ4v) is 4.41. The van der Waals surface area contributed by atoms with E-state index in [0.29, 0.717) is 19.6 Å². The number of amides is 2. The van der Waals surface area contributed by atoms with Gasteiger partial charge in [-0.2, -0.15) is 0 Å². The fourth-order valence-electron chi connectivity index (χ4n) is 4.41. The minimum atomic E-state index is -1.24. The number of likely N-dealkylation sites (tertiary alicyclic amines) is 1. The summed E-state index contributed by atoms with van der Waals surface area (Å²) in [5.74, 6) is -2.16. The zero-order valence-corrected chi connectivity index (χ0v) is 17.8. The van der Waals surface area contributed by atoms with Gasteiger partial charge in [-0.05, 0) is 24.5 Å². The number of aromatic nitrogens is 1. The summed E-state index contributed by atoms with van der Waals surface area (Å²) in [6.07, 6.45) is 2.11. The molecule has 0 aliphatic carbocycles. The summed E-state index contributed by atoms with van der Waals surface area (Å²) in [7, 11) is 1.25. The number of fused-ring (bicyclic) bond motifs is 1. The Morgan fingerprint density at radius 1 is 1.31 bits per heavy atom. The van der Waals surface area contributed by atoms with E-state index in [-0.39, 0.29) is 19.4 Å². The number of ether oxygens (including phenoxy) is 3. The Hall–Kier alpha value is -3.11. The average molecular weight is 445 g/mol. The van der Waals surface area contributed by atoms with Crippen LogP contribution in [-0.2, 0) is 30.2 Å². The number of carboxylic acid groups (broad SMARTS) is 1. The van der Waals surface area contributed by atoms with Gasteiger partial charge >= 0.3 is 12.1 Å². The van der Waals surface area contributed by atoms with Gasteiger partial charge in [-0.15, -0.1) is 0 Å². The standard InChI is InChI=1S/C22H27N3O7/c1-30-20(27)17(11-14-12-23-16-6-3-2-5-15(14)16)24-19(26)18-7-8-22(13-25(18)21(28)29)31-9-4-10-32-22/h2-3,5-6,12,17-18,23H,4,7-11,13H2,1H3,(H,24,26)(H,28,29). The number of carbonyl (C=O) groups is 3. The maximum Gasteiger partial charge on any atom is 0.408 e. The number of rotatable bonds is 5. The van der Waals surface area contributed by atoms with Crippen molar-refractivity contribution in [2.24, 2.45) is 0 Å². The first-order chi connectivity index (χ1) is 15.4. The number of para-hydroxylation sites is 1. The van der Waals surface area contributed by atoms with Gasteiger partial charge in [-0.25, -0.2) is 9.59 Å². The van der Waals surface area contributed by atoms with Crippen molar-refractivity contribution in [3.63, 3.8) is 0 Å². The average Bonchev–Trinajstić information content (AvgIpc) is 3.21. The van der Waals surface area contributed by atoms with E-state index < -0.39 is 35.8 Å². The molecule has 0 bridgehead atoms. The Morgan fingerprint density at radius 2 is 2.06 bits per heavy atom. The number of aromatic amines is 1. The van der Waals surface area contributed by atoms with Gasteiger partial charge in [0.25, 0.3) is 0 Å². The molecule has 32 heavy (non-hydrogen) atoms. The lowest BCUT2D eigenvalue weighted by Crippen LogP contribution is -2.62. The normalized spacial score (nSPS) is 21.3. The number of hydrogen-bond acceptors (Lipinski definition) is 6. The minimum Gasteiger partial charge on any atom is -0.467 e. The number of esters is 1. The Labute approximate surface area is 184 Å². The largest absolute Gasteiger partial charge is 0.467 e. The number of nitrogens with one attached hydrogen (secondary N) is 2. The van der Waals surface area contributed by atoms with Crippen LogP contribution >= 0.6 is 0 Å². The van der Waals surface area contributed by atoms with Crippen molar-refractivity contribution in [1.82, 2.24) is 15.2 Å². The highest BCUT2D eigenvalue weighted by molar-refractivity contribution is 5.90. The molecule has 4 rings (SSSR count). The number of H-pyrrole nitrogens is 1. The van der Waals surface area contributed by atoms with Crippen LogP contribution in [0.5, 0.6) is 0 Å². The predicted molar refractivity (Wildman–Crippen MR) is 113 cm³/mol. The van der Waals surface area contributed by atoms with Crippen molar-refractivity contribution in [2.75, 3.05) is 26.9 Å². The van der Waals surface area contributed by atoms with E-state index in [1.807, 2.05) is 24.3 Å². The second-order valence-corrected chi connectivity index (χ2v) is 8.07. The number of carbonyl (C=O) groups excluding carboxylic acids is 2. The van der Waals surface area contributed by atoms with Gasteiger partial charge in [0.1, 0.15) is 12.1 Å². The molecule has 1 aromatic carbocycles. The third-order valence-corrected chi connectivity index (χ3v) is 6.05. The maximum atomic E-state index is 13.1. The van der Waals surface area contributed by atoms with E-state index >= 15 is 0 Å². The van der Waals surface area contributed by atoms with E-state index in [4.69, 9.17) is 14.2 Å². The van der Waals surface area contributed by atoms with Crippen LogP contribution in [0.15, 0.2) is 30.5 Å². The summed E-state index contributed by atoms with van der Waals surface area (Å²) in [4.78, 5) is 41.6. The van der Waals surface area contributed by atoms with Crippen LogP contribution in [0, 0.1) is 0 Å².